The van der Waals surface area contributed by atoms with Gasteiger partial charge in [-0.05, 0) is 86.9 Å². The summed E-state index contributed by atoms with van der Waals surface area (Å²) in [5.41, 5.74) is 8.00. The van der Waals surface area contributed by atoms with Gasteiger partial charge in [-0.1, -0.05) is 38.2 Å². The van der Waals surface area contributed by atoms with Crippen molar-refractivity contribution >= 4 is 0 Å². The number of rotatable bonds is 7. The van der Waals surface area contributed by atoms with Crippen molar-refractivity contribution in [3.63, 3.8) is 0 Å². The standard InChI is InChI=1S/C26H44N2O3/c1-24-12-10-21(29)18-20(24)7-8-23-22(24)11-13-25(2)19(9-14-26(23,25)30)6-4-3-5-16-28-31-17-15-27/h3-6,19-23,28-30H,7-18,27H2,1-2H3/b5-3+,6-4+/t19-,20+,21-,22-,23+,24-,25+,26-/m0/s1. The molecule has 0 spiro atoms. The van der Waals surface area contributed by atoms with Crippen molar-refractivity contribution in [3.8, 4) is 0 Å². The Morgan fingerprint density at radius 1 is 1.03 bits per heavy atom. The largest absolute Gasteiger partial charge is 0.393 e. The molecule has 4 fully saturated rings. The molecule has 31 heavy (non-hydrogen) atoms. The first-order chi connectivity index (χ1) is 14.8. The fourth-order valence-electron chi connectivity index (χ4n) is 8.14. The number of aliphatic hydroxyl groups is 2. The second-order valence-electron chi connectivity index (χ2n) is 11.2. The first-order valence-electron chi connectivity index (χ1n) is 12.6. The fourth-order valence-corrected chi connectivity index (χ4v) is 8.14. The van der Waals surface area contributed by atoms with Gasteiger partial charge in [-0.2, -0.15) is 5.48 Å². The van der Waals surface area contributed by atoms with Gasteiger partial charge in [0.2, 0.25) is 0 Å². The minimum Gasteiger partial charge on any atom is -0.393 e. The minimum absolute atomic E-state index is 0.0294. The van der Waals surface area contributed by atoms with E-state index in [0.29, 0.717) is 48.8 Å². The maximum Gasteiger partial charge on any atom is 0.0804 e. The second-order valence-corrected chi connectivity index (χ2v) is 11.2. The lowest BCUT2D eigenvalue weighted by atomic mass is 9.43. The summed E-state index contributed by atoms with van der Waals surface area (Å²) in [5, 5.41) is 22.4. The molecular weight excluding hydrogens is 388 g/mol. The molecule has 0 aromatic rings. The summed E-state index contributed by atoms with van der Waals surface area (Å²) in [5.74, 6) is 2.10. The third-order valence-corrected chi connectivity index (χ3v) is 10.0. The second kappa shape index (κ2) is 9.26. The Labute approximate surface area is 188 Å². The molecule has 0 bridgehead atoms. The lowest BCUT2D eigenvalue weighted by Crippen LogP contribution is -2.62. The van der Waals surface area contributed by atoms with Gasteiger partial charge in [0.05, 0.1) is 18.3 Å². The van der Waals surface area contributed by atoms with E-state index in [2.05, 4.69) is 37.6 Å². The highest BCUT2D eigenvalue weighted by Crippen LogP contribution is 2.69. The third kappa shape index (κ3) is 4.06. The van der Waals surface area contributed by atoms with E-state index in [0.717, 1.165) is 44.9 Å². The van der Waals surface area contributed by atoms with E-state index in [4.69, 9.17) is 10.6 Å². The molecule has 8 atom stereocenters. The smallest absolute Gasteiger partial charge is 0.0804 e. The monoisotopic (exact) mass is 432 g/mol. The summed E-state index contributed by atoms with van der Waals surface area (Å²) in [7, 11) is 0. The highest BCUT2D eigenvalue weighted by atomic mass is 16.6. The van der Waals surface area contributed by atoms with E-state index in [1.165, 1.54) is 12.8 Å². The first-order valence-corrected chi connectivity index (χ1v) is 12.6. The lowest BCUT2D eigenvalue weighted by Gasteiger charge is -2.63. The van der Waals surface area contributed by atoms with Gasteiger partial charge in [0, 0.05) is 18.5 Å². The summed E-state index contributed by atoms with van der Waals surface area (Å²) in [4.78, 5) is 5.17. The number of nitrogens with two attached hydrogens (primary N) is 1. The van der Waals surface area contributed by atoms with E-state index >= 15 is 0 Å². The van der Waals surface area contributed by atoms with Crippen molar-refractivity contribution in [2.24, 2.45) is 40.2 Å². The normalized spacial score (nSPS) is 47.5. The fraction of sp³-hybridized carbons (Fsp3) is 0.846. The maximum atomic E-state index is 12.2. The quantitative estimate of drug-likeness (QED) is 0.280. The Morgan fingerprint density at radius 2 is 1.87 bits per heavy atom. The SMILES string of the molecule is C[C@]12CC[C@H](O)C[C@H]1CC[C@@H]1[C@@H]2CC[C@]2(C)[C@@H](/C=C/C=C/CNOCCN)CC[C@]12O. The summed E-state index contributed by atoms with van der Waals surface area (Å²) in [6.45, 7) is 6.54. The van der Waals surface area contributed by atoms with Crippen LogP contribution in [0.2, 0.25) is 0 Å². The van der Waals surface area contributed by atoms with Crippen molar-refractivity contribution in [1.82, 2.24) is 5.48 Å². The molecule has 0 unspecified atom stereocenters. The zero-order chi connectivity index (χ0) is 22.1. The number of fused-ring (bicyclic) bond motifs is 5. The zero-order valence-electron chi connectivity index (χ0n) is 19.6. The Morgan fingerprint density at radius 3 is 2.68 bits per heavy atom. The molecule has 4 aliphatic rings. The zero-order valence-corrected chi connectivity index (χ0v) is 19.6. The van der Waals surface area contributed by atoms with Gasteiger partial charge in [0.25, 0.3) is 0 Å². The van der Waals surface area contributed by atoms with Crippen molar-refractivity contribution in [2.45, 2.75) is 83.3 Å². The molecule has 0 aromatic carbocycles. The Kier molecular flexibility index (Phi) is 7.00. The third-order valence-electron chi connectivity index (χ3n) is 10.0. The van der Waals surface area contributed by atoms with Crippen LogP contribution in [0, 0.1) is 34.5 Å². The number of aliphatic hydroxyl groups excluding tert-OH is 1. The summed E-state index contributed by atoms with van der Waals surface area (Å²) in [6, 6.07) is 0. The molecule has 0 radical (unpaired) electrons. The van der Waals surface area contributed by atoms with Gasteiger partial charge in [-0.3, -0.25) is 0 Å². The van der Waals surface area contributed by atoms with Gasteiger partial charge in [-0.25, -0.2) is 0 Å². The number of nitrogens with one attached hydrogen (secondary N) is 1. The average Bonchev–Trinajstić information content (AvgIpc) is 3.01. The van der Waals surface area contributed by atoms with E-state index < -0.39 is 5.60 Å². The van der Waals surface area contributed by atoms with E-state index in [1.54, 1.807) is 0 Å². The van der Waals surface area contributed by atoms with Crippen molar-refractivity contribution in [1.29, 1.82) is 0 Å². The highest BCUT2D eigenvalue weighted by Gasteiger charge is 2.66. The number of hydrogen-bond donors (Lipinski definition) is 4. The molecule has 0 aliphatic heterocycles. The molecular formula is C26H44N2O3. The molecule has 4 aliphatic carbocycles. The molecule has 4 saturated carbocycles. The van der Waals surface area contributed by atoms with Gasteiger partial charge in [0.15, 0.2) is 0 Å². The molecule has 5 nitrogen and oxygen atoms in total. The molecule has 176 valence electrons. The number of hydrogen-bond acceptors (Lipinski definition) is 5. The summed E-state index contributed by atoms with van der Waals surface area (Å²) >= 11 is 0. The molecule has 5 heteroatoms. The Bertz CT molecular complexity index is 682. The van der Waals surface area contributed by atoms with Crippen LogP contribution in [-0.2, 0) is 4.84 Å². The molecule has 0 aromatic heterocycles. The summed E-state index contributed by atoms with van der Waals surface area (Å²) < 4.78 is 0. The van der Waals surface area contributed by atoms with Gasteiger partial charge < -0.3 is 20.8 Å². The Hall–Kier alpha value is -0.720. The first kappa shape index (κ1) is 23.4. The van der Waals surface area contributed by atoms with Crippen LogP contribution in [0.15, 0.2) is 24.3 Å². The van der Waals surface area contributed by atoms with Crippen LogP contribution in [0.1, 0.15) is 71.6 Å². The van der Waals surface area contributed by atoms with Crippen LogP contribution in [0.25, 0.3) is 0 Å². The Balaban J connectivity index is 1.42. The average molecular weight is 433 g/mol. The van der Waals surface area contributed by atoms with E-state index in [-0.39, 0.29) is 11.5 Å². The summed E-state index contributed by atoms with van der Waals surface area (Å²) in [6.07, 6.45) is 18.2. The van der Waals surface area contributed by atoms with E-state index in [1.807, 2.05) is 6.08 Å². The lowest BCUT2D eigenvalue weighted by molar-refractivity contribution is -0.207. The van der Waals surface area contributed by atoms with Crippen LogP contribution in [0.4, 0.5) is 0 Å². The predicted octanol–water partition coefficient (Wildman–Crippen LogP) is 3.71. The van der Waals surface area contributed by atoms with Crippen LogP contribution in [-0.4, -0.2) is 41.6 Å². The van der Waals surface area contributed by atoms with Gasteiger partial charge in [-0.15, -0.1) is 0 Å². The van der Waals surface area contributed by atoms with Crippen molar-refractivity contribution < 1.29 is 15.1 Å². The van der Waals surface area contributed by atoms with Crippen LogP contribution >= 0.6 is 0 Å². The molecule has 0 saturated heterocycles. The highest BCUT2D eigenvalue weighted by molar-refractivity contribution is 5.20. The molecule has 0 heterocycles. The van der Waals surface area contributed by atoms with E-state index in [9.17, 15) is 10.2 Å². The van der Waals surface area contributed by atoms with Gasteiger partial charge in [0.1, 0.15) is 0 Å². The molecule has 4 rings (SSSR count). The van der Waals surface area contributed by atoms with Crippen LogP contribution in [0.5, 0.6) is 0 Å². The predicted molar refractivity (Wildman–Crippen MR) is 124 cm³/mol. The van der Waals surface area contributed by atoms with Crippen LogP contribution < -0.4 is 11.2 Å². The maximum absolute atomic E-state index is 12.2. The molecule has 0 amide bonds. The van der Waals surface area contributed by atoms with Crippen molar-refractivity contribution in [2.75, 3.05) is 19.7 Å². The molecule has 5 N–H and O–H groups in total. The van der Waals surface area contributed by atoms with Gasteiger partial charge >= 0.3 is 0 Å². The van der Waals surface area contributed by atoms with Crippen LogP contribution in [0.3, 0.4) is 0 Å². The topological polar surface area (TPSA) is 87.7 Å². The number of hydroxylamine groups is 1. The number of allylic oxidation sites excluding steroid dienone is 3. The van der Waals surface area contributed by atoms with Crippen molar-refractivity contribution in [3.05, 3.63) is 24.3 Å². The minimum atomic E-state index is -0.545.